The Bertz CT molecular complexity index is 483. The molecular formula is C15H17NO2. The summed E-state index contributed by atoms with van der Waals surface area (Å²) < 4.78 is 0. The molecule has 3 nitrogen and oxygen atoms in total. The first kappa shape index (κ1) is 11.5. The van der Waals surface area contributed by atoms with Gasteiger partial charge in [-0.3, -0.25) is 14.5 Å². The van der Waals surface area contributed by atoms with E-state index >= 15 is 0 Å². The average molecular weight is 243 g/mol. The predicted molar refractivity (Wildman–Crippen MR) is 68.9 cm³/mol. The van der Waals surface area contributed by atoms with E-state index in [9.17, 15) is 9.59 Å². The topological polar surface area (TPSA) is 37.4 Å². The first-order valence-electron chi connectivity index (χ1n) is 6.61. The number of carbonyl (C=O) groups excluding carboxylic acids is 2. The van der Waals surface area contributed by atoms with Crippen LogP contribution in [0, 0.1) is 17.8 Å². The molecule has 1 saturated heterocycles. The van der Waals surface area contributed by atoms with Crippen molar-refractivity contribution in [3.63, 3.8) is 0 Å². The van der Waals surface area contributed by atoms with Crippen molar-refractivity contribution >= 4 is 17.5 Å². The Morgan fingerprint density at radius 1 is 1.00 bits per heavy atom. The Morgan fingerprint density at radius 3 is 2.39 bits per heavy atom. The van der Waals surface area contributed by atoms with Crippen LogP contribution in [0.1, 0.15) is 26.2 Å². The summed E-state index contributed by atoms with van der Waals surface area (Å²) in [6, 6.07) is 9.28. The highest BCUT2D eigenvalue weighted by molar-refractivity contribution is 6.22. The number of benzene rings is 1. The molecule has 2 aliphatic rings. The van der Waals surface area contributed by atoms with Crippen LogP contribution in [0.25, 0.3) is 0 Å². The highest BCUT2D eigenvalue weighted by atomic mass is 16.2. The molecule has 2 amide bonds. The minimum absolute atomic E-state index is 0.00255. The van der Waals surface area contributed by atoms with Crippen LogP contribution in [0.2, 0.25) is 0 Å². The van der Waals surface area contributed by atoms with Crippen LogP contribution in [-0.4, -0.2) is 11.8 Å². The first-order chi connectivity index (χ1) is 8.68. The van der Waals surface area contributed by atoms with Gasteiger partial charge >= 0.3 is 0 Å². The van der Waals surface area contributed by atoms with Gasteiger partial charge in [-0.1, -0.05) is 25.1 Å². The van der Waals surface area contributed by atoms with Gasteiger partial charge in [-0.2, -0.15) is 0 Å². The van der Waals surface area contributed by atoms with Crippen molar-refractivity contribution in [2.45, 2.75) is 26.2 Å². The summed E-state index contributed by atoms with van der Waals surface area (Å²) >= 11 is 0. The summed E-state index contributed by atoms with van der Waals surface area (Å²) in [7, 11) is 0. The molecular weight excluding hydrogens is 226 g/mol. The van der Waals surface area contributed by atoms with Crippen LogP contribution in [0.3, 0.4) is 0 Å². The van der Waals surface area contributed by atoms with Gasteiger partial charge in [-0.25, -0.2) is 0 Å². The second-order valence-corrected chi connectivity index (χ2v) is 5.48. The first-order valence-corrected chi connectivity index (χ1v) is 6.61. The Labute approximate surface area is 107 Å². The van der Waals surface area contributed by atoms with E-state index in [0.29, 0.717) is 5.92 Å². The van der Waals surface area contributed by atoms with Gasteiger partial charge in [0.25, 0.3) is 0 Å². The van der Waals surface area contributed by atoms with Crippen molar-refractivity contribution in [3.05, 3.63) is 30.3 Å². The maximum atomic E-state index is 12.4. The zero-order valence-electron chi connectivity index (χ0n) is 10.5. The van der Waals surface area contributed by atoms with Crippen molar-refractivity contribution in [2.24, 2.45) is 17.8 Å². The zero-order valence-corrected chi connectivity index (χ0v) is 10.5. The molecule has 0 aromatic heterocycles. The van der Waals surface area contributed by atoms with Gasteiger partial charge in [0.1, 0.15) is 0 Å². The van der Waals surface area contributed by atoms with Crippen molar-refractivity contribution < 1.29 is 9.59 Å². The number of amides is 2. The van der Waals surface area contributed by atoms with Gasteiger partial charge in [-0.15, -0.1) is 0 Å². The molecule has 3 atom stereocenters. The van der Waals surface area contributed by atoms with Gasteiger partial charge in [-0.05, 0) is 37.3 Å². The van der Waals surface area contributed by atoms with Crippen molar-refractivity contribution in [1.29, 1.82) is 0 Å². The monoisotopic (exact) mass is 243 g/mol. The SMILES string of the molecule is C[C@@H]1CC[C@H]2C(=O)N(c3ccccc3)C(=O)[C@H]2C1. The summed E-state index contributed by atoms with van der Waals surface area (Å²) in [6.07, 6.45) is 2.78. The Balaban J connectivity index is 1.94. The molecule has 0 bridgehead atoms. The minimum Gasteiger partial charge on any atom is -0.274 e. The van der Waals surface area contributed by atoms with Gasteiger partial charge in [0.05, 0.1) is 17.5 Å². The second kappa shape index (κ2) is 4.23. The second-order valence-electron chi connectivity index (χ2n) is 5.48. The van der Waals surface area contributed by atoms with E-state index in [4.69, 9.17) is 0 Å². The molecule has 1 heterocycles. The Kier molecular flexibility index (Phi) is 2.69. The third-order valence-electron chi connectivity index (χ3n) is 4.20. The van der Waals surface area contributed by atoms with E-state index in [1.165, 1.54) is 4.90 Å². The summed E-state index contributed by atoms with van der Waals surface area (Å²) in [6.45, 7) is 2.17. The smallest absolute Gasteiger partial charge is 0.237 e. The number of nitrogens with zero attached hydrogens (tertiary/aromatic N) is 1. The number of fused-ring (bicyclic) bond motifs is 1. The van der Waals surface area contributed by atoms with E-state index < -0.39 is 0 Å². The lowest BCUT2D eigenvalue weighted by Crippen LogP contribution is -2.30. The number of rotatable bonds is 1. The number of hydrogen-bond donors (Lipinski definition) is 0. The van der Waals surface area contributed by atoms with Crippen molar-refractivity contribution in [2.75, 3.05) is 4.90 Å². The molecule has 0 radical (unpaired) electrons. The maximum absolute atomic E-state index is 12.4. The van der Waals surface area contributed by atoms with E-state index in [1.54, 1.807) is 0 Å². The molecule has 0 unspecified atom stereocenters. The molecule has 1 aromatic rings. The quantitative estimate of drug-likeness (QED) is 0.711. The molecule has 1 aliphatic heterocycles. The van der Waals surface area contributed by atoms with Crippen LogP contribution >= 0.6 is 0 Å². The van der Waals surface area contributed by atoms with Crippen molar-refractivity contribution in [1.82, 2.24) is 0 Å². The minimum atomic E-state index is -0.0820. The lowest BCUT2D eigenvalue weighted by Gasteiger charge is -2.25. The summed E-state index contributed by atoms with van der Waals surface area (Å²) in [4.78, 5) is 26.2. The molecule has 1 aromatic carbocycles. The molecule has 1 aliphatic carbocycles. The number of imide groups is 1. The van der Waals surface area contributed by atoms with Crippen LogP contribution in [-0.2, 0) is 9.59 Å². The molecule has 94 valence electrons. The highest BCUT2D eigenvalue weighted by Crippen LogP contribution is 2.41. The third-order valence-corrected chi connectivity index (χ3v) is 4.20. The largest absolute Gasteiger partial charge is 0.274 e. The van der Waals surface area contributed by atoms with E-state index in [0.717, 1.165) is 24.9 Å². The Morgan fingerprint density at radius 2 is 1.67 bits per heavy atom. The van der Waals surface area contributed by atoms with Crippen molar-refractivity contribution in [3.8, 4) is 0 Å². The van der Waals surface area contributed by atoms with E-state index in [-0.39, 0.29) is 23.7 Å². The summed E-state index contributed by atoms with van der Waals surface area (Å²) in [5.74, 6) is 0.403. The summed E-state index contributed by atoms with van der Waals surface area (Å²) in [5.41, 5.74) is 0.717. The zero-order chi connectivity index (χ0) is 12.7. The number of hydrogen-bond acceptors (Lipinski definition) is 2. The molecule has 2 fully saturated rings. The van der Waals surface area contributed by atoms with E-state index in [2.05, 4.69) is 6.92 Å². The van der Waals surface area contributed by atoms with E-state index in [1.807, 2.05) is 30.3 Å². The fraction of sp³-hybridized carbons (Fsp3) is 0.467. The predicted octanol–water partition coefficient (Wildman–Crippen LogP) is 2.61. The fourth-order valence-electron chi connectivity index (χ4n) is 3.22. The number of para-hydroxylation sites is 1. The molecule has 1 saturated carbocycles. The van der Waals surface area contributed by atoms with Gasteiger partial charge in [0.15, 0.2) is 0 Å². The lowest BCUT2D eigenvalue weighted by molar-refractivity contribution is -0.122. The van der Waals surface area contributed by atoms with Crippen LogP contribution in [0.4, 0.5) is 5.69 Å². The number of anilines is 1. The summed E-state index contributed by atoms with van der Waals surface area (Å²) in [5, 5.41) is 0. The number of carbonyl (C=O) groups is 2. The Hall–Kier alpha value is -1.64. The standard InChI is InChI=1S/C15H17NO2/c1-10-7-8-12-13(9-10)15(18)16(14(12)17)11-5-3-2-4-6-11/h2-6,10,12-13H,7-9H2,1H3/t10-,12-,13+/m1/s1. The van der Waals surface area contributed by atoms with Crippen LogP contribution in [0.5, 0.6) is 0 Å². The average Bonchev–Trinajstić information content (AvgIpc) is 2.63. The normalized spacial score (nSPS) is 31.6. The molecule has 3 heteroatoms. The molecule has 0 spiro atoms. The van der Waals surface area contributed by atoms with Gasteiger partial charge < -0.3 is 0 Å². The maximum Gasteiger partial charge on any atom is 0.237 e. The lowest BCUT2D eigenvalue weighted by atomic mass is 9.76. The van der Waals surface area contributed by atoms with Crippen LogP contribution < -0.4 is 4.90 Å². The molecule has 3 rings (SSSR count). The highest BCUT2D eigenvalue weighted by Gasteiger charge is 2.49. The molecule has 0 N–H and O–H groups in total. The van der Waals surface area contributed by atoms with Crippen LogP contribution in [0.15, 0.2) is 30.3 Å². The molecule has 18 heavy (non-hydrogen) atoms. The van der Waals surface area contributed by atoms with Gasteiger partial charge in [0.2, 0.25) is 11.8 Å². The van der Waals surface area contributed by atoms with Gasteiger partial charge in [0, 0.05) is 0 Å². The fourth-order valence-corrected chi connectivity index (χ4v) is 3.22. The third kappa shape index (κ3) is 1.65.